The topological polar surface area (TPSA) is 46.5 Å². The normalized spacial score (nSPS) is 12.2. The number of halogens is 1. The Labute approximate surface area is 97.2 Å². The highest BCUT2D eigenvalue weighted by molar-refractivity contribution is 9.09. The van der Waals surface area contributed by atoms with Gasteiger partial charge in [0, 0.05) is 5.33 Å². The lowest BCUT2D eigenvalue weighted by Crippen LogP contribution is -2.04. The van der Waals surface area contributed by atoms with Crippen LogP contribution in [0.2, 0.25) is 0 Å². The molecule has 0 radical (unpaired) electrons. The van der Waals surface area contributed by atoms with E-state index in [1.807, 2.05) is 6.92 Å². The molecule has 4 heteroatoms. The summed E-state index contributed by atoms with van der Waals surface area (Å²) in [6.07, 6.45) is 0. The zero-order chi connectivity index (χ0) is 11.4. The molecule has 1 aromatic rings. The van der Waals surface area contributed by atoms with Gasteiger partial charge in [-0.25, -0.2) is 4.79 Å². The highest BCUT2D eigenvalue weighted by Crippen LogP contribution is 2.24. The van der Waals surface area contributed by atoms with Gasteiger partial charge in [0.2, 0.25) is 0 Å². The fourth-order valence-corrected chi connectivity index (χ4v) is 1.60. The van der Waals surface area contributed by atoms with Crippen molar-refractivity contribution in [2.45, 2.75) is 12.8 Å². The number of rotatable bonds is 3. The van der Waals surface area contributed by atoms with Crippen LogP contribution in [0.25, 0.3) is 0 Å². The first-order valence-corrected chi connectivity index (χ1v) is 5.69. The molecule has 0 saturated heterocycles. The van der Waals surface area contributed by atoms with Gasteiger partial charge < -0.3 is 9.84 Å². The summed E-state index contributed by atoms with van der Waals surface area (Å²) < 4.78 is 4.57. The van der Waals surface area contributed by atoms with Crippen LogP contribution >= 0.6 is 15.9 Å². The van der Waals surface area contributed by atoms with E-state index < -0.39 is 5.97 Å². The Kier molecular flexibility index (Phi) is 4.15. The number of alkyl halides is 1. The van der Waals surface area contributed by atoms with Gasteiger partial charge in [0.1, 0.15) is 11.3 Å². The number of ether oxygens (including phenoxy) is 1. The van der Waals surface area contributed by atoms with Crippen molar-refractivity contribution in [1.29, 1.82) is 0 Å². The quantitative estimate of drug-likeness (QED) is 0.680. The van der Waals surface area contributed by atoms with Crippen LogP contribution in [0.15, 0.2) is 18.2 Å². The van der Waals surface area contributed by atoms with E-state index in [0.717, 1.165) is 10.9 Å². The number of carbonyl (C=O) groups excluding carboxylic acids is 1. The number of aromatic hydroxyl groups is 1. The summed E-state index contributed by atoms with van der Waals surface area (Å²) in [6.45, 7) is 2.03. The van der Waals surface area contributed by atoms with Crippen molar-refractivity contribution in [3.8, 4) is 5.75 Å². The molecule has 3 nitrogen and oxygen atoms in total. The van der Waals surface area contributed by atoms with Crippen LogP contribution in [-0.4, -0.2) is 23.5 Å². The minimum atomic E-state index is -0.517. The number of phenolic OH excluding ortho intramolecular Hbond substituents is 1. The lowest BCUT2D eigenvalue weighted by atomic mass is 10.0. The van der Waals surface area contributed by atoms with Gasteiger partial charge in [-0.2, -0.15) is 0 Å². The smallest absolute Gasteiger partial charge is 0.341 e. The van der Waals surface area contributed by atoms with Crippen molar-refractivity contribution in [3.63, 3.8) is 0 Å². The molecular formula is C11H13BrO3. The van der Waals surface area contributed by atoms with Crippen LogP contribution in [0.3, 0.4) is 0 Å². The molecule has 1 atom stereocenters. The maximum atomic E-state index is 11.3. The van der Waals surface area contributed by atoms with E-state index in [1.165, 1.54) is 13.2 Å². The average molecular weight is 273 g/mol. The molecule has 0 saturated carbocycles. The third kappa shape index (κ3) is 2.72. The Morgan fingerprint density at radius 2 is 2.27 bits per heavy atom. The second-order valence-electron chi connectivity index (χ2n) is 3.32. The molecular weight excluding hydrogens is 260 g/mol. The first-order chi connectivity index (χ1) is 7.10. The molecule has 1 rings (SSSR count). The van der Waals surface area contributed by atoms with Gasteiger partial charge in [-0.05, 0) is 23.6 Å². The molecule has 0 amide bonds. The maximum absolute atomic E-state index is 11.3. The summed E-state index contributed by atoms with van der Waals surface area (Å²) in [7, 11) is 1.29. The van der Waals surface area contributed by atoms with E-state index >= 15 is 0 Å². The maximum Gasteiger partial charge on any atom is 0.341 e. The monoisotopic (exact) mass is 272 g/mol. The van der Waals surface area contributed by atoms with Crippen molar-refractivity contribution in [3.05, 3.63) is 29.3 Å². The second-order valence-corrected chi connectivity index (χ2v) is 3.97. The Morgan fingerprint density at radius 3 is 2.80 bits per heavy atom. The van der Waals surface area contributed by atoms with Crippen LogP contribution < -0.4 is 0 Å². The molecule has 82 valence electrons. The summed E-state index contributed by atoms with van der Waals surface area (Å²) in [5.41, 5.74) is 1.20. The molecule has 0 aliphatic heterocycles. The second kappa shape index (κ2) is 5.16. The van der Waals surface area contributed by atoms with Crippen molar-refractivity contribution in [1.82, 2.24) is 0 Å². The van der Waals surface area contributed by atoms with Crippen LogP contribution in [0, 0.1) is 0 Å². The van der Waals surface area contributed by atoms with E-state index in [1.54, 1.807) is 12.1 Å². The molecule has 0 aliphatic carbocycles. The fraction of sp³-hybridized carbons (Fsp3) is 0.364. The number of methoxy groups -OCH3 is 1. The predicted octanol–water partition coefficient (Wildman–Crippen LogP) is 2.68. The van der Waals surface area contributed by atoms with Gasteiger partial charge >= 0.3 is 5.97 Å². The van der Waals surface area contributed by atoms with Gasteiger partial charge in [-0.15, -0.1) is 0 Å². The molecule has 0 heterocycles. The van der Waals surface area contributed by atoms with Crippen LogP contribution in [0.5, 0.6) is 5.75 Å². The van der Waals surface area contributed by atoms with Gasteiger partial charge in [0.25, 0.3) is 0 Å². The zero-order valence-electron chi connectivity index (χ0n) is 8.66. The number of esters is 1. The molecule has 1 N–H and O–H groups in total. The minimum absolute atomic E-state index is 0.0487. The summed E-state index contributed by atoms with van der Waals surface area (Å²) >= 11 is 3.37. The van der Waals surface area contributed by atoms with Crippen LogP contribution in [0.1, 0.15) is 28.8 Å². The molecule has 0 bridgehead atoms. The van der Waals surface area contributed by atoms with Gasteiger partial charge in [-0.3, -0.25) is 0 Å². The summed E-state index contributed by atoms with van der Waals surface area (Å²) in [6, 6.07) is 4.97. The lowest BCUT2D eigenvalue weighted by Gasteiger charge is -2.10. The standard InChI is InChI=1S/C11H13BrO3/c1-7(6-12)8-3-4-10(13)9(5-8)11(14)15-2/h3-5,7,13H,6H2,1-2H3. The lowest BCUT2D eigenvalue weighted by molar-refractivity contribution is 0.0597. The molecule has 1 aromatic carbocycles. The van der Waals surface area contributed by atoms with Crippen molar-refractivity contribution < 1.29 is 14.6 Å². The zero-order valence-corrected chi connectivity index (χ0v) is 10.2. The van der Waals surface area contributed by atoms with E-state index in [9.17, 15) is 9.90 Å². The molecule has 15 heavy (non-hydrogen) atoms. The first kappa shape index (κ1) is 12.0. The van der Waals surface area contributed by atoms with Crippen molar-refractivity contribution >= 4 is 21.9 Å². The third-order valence-electron chi connectivity index (χ3n) is 2.23. The van der Waals surface area contributed by atoms with Crippen molar-refractivity contribution in [2.24, 2.45) is 0 Å². The number of phenols is 1. The minimum Gasteiger partial charge on any atom is -0.507 e. The van der Waals surface area contributed by atoms with E-state index in [4.69, 9.17) is 0 Å². The largest absolute Gasteiger partial charge is 0.507 e. The van der Waals surface area contributed by atoms with E-state index in [-0.39, 0.29) is 17.2 Å². The molecule has 0 spiro atoms. The van der Waals surface area contributed by atoms with Crippen LogP contribution in [0.4, 0.5) is 0 Å². The average Bonchev–Trinajstić information content (AvgIpc) is 2.27. The number of hydrogen-bond acceptors (Lipinski definition) is 3. The summed E-state index contributed by atoms with van der Waals surface area (Å²) in [5, 5.41) is 10.3. The Hall–Kier alpha value is -1.03. The van der Waals surface area contributed by atoms with Gasteiger partial charge in [0.15, 0.2) is 0 Å². The molecule has 0 aromatic heterocycles. The summed E-state index contributed by atoms with van der Waals surface area (Å²) in [5.74, 6) is -0.280. The molecule has 1 unspecified atom stereocenters. The first-order valence-electron chi connectivity index (χ1n) is 4.57. The van der Waals surface area contributed by atoms with E-state index in [2.05, 4.69) is 20.7 Å². The van der Waals surface area contributed by atoms with Gasteiger partial charge in [-0.1, -0.05) is 28.9 Å². The SMILES string of the molecule is COC(=O)c1cc(C(C)CBr)ccc1O. The highest BCUT2D eigenvalue weighted by Gasteiger charge is 2.14. The van der Waals surface area contributed by atoms with Crippen molar-refractivity contribution in [2.75, 3.05) is 12.4 Å². The summed E-state index contributed by atoms with van der Waals surface area (Å²) in [4.78, 5) is 11.3. The Morgan fingerprint density at radius 1 is 1.60 bits per heavy atom. The third-order valence-corrected chi connectivity index (χ3v) is 3.20. The molecule has 0 fully saturated rings. The fourth-order valence-electron chi connectivity index (χ4n) is 1.22. The predicted molar refractivity (Wildman–Crippen MR) is 61.7 cm³/mol. The number of carbonyl (C=O) groups is 1. The van der Waals surface area contributed by atoms with E-state index in [0.29, 0.717) is 0 Å². The Bertz CT molecular complexity index is 363. The number of hydrogen-bond donors (Lipinski definition) is 1. The number of benzene rings is 1. The Balaban J connectivity index is 3.10. The molecule has 0 aliphatic rings. The van der Waals surface area contributed by atoms with Crippen LogP contribution in [-0.2, 0) is 4.74 Å². The van der Waals surface area contributed by atoms with Gasteiger partial charge in [0.05, 0.1) is 7.11 Å². The highest BCUT2D eigenvalue weighted by atomic mass is 79.9.